The van der Waals surface area contributed by atoms with Crippen LogP contribution in [0.25, 0.3) is 11.3 Å². The number of carbonyl (C=O) groups excluding carboxylic acids is 1. The smallest absolute Gasteiger partial charge is 0.387 e. The van der Waals surface area contributed by atoms with Crippen LogP contribution in [0.2, 0.25) is 5.02 Å². The predicted molar refractivity (Wildman–Crippen MR) is 103 cm³/mol. The van der Waals surface area contributed by atoms with Gasteiger partial charge in [-0.05, 0) is 48.5 Å². The van der Waals surface area contributed by atoms with Gasteiger partial charge in [-0.2, -0.15) is 8.78 Å². The molecule has 8 heteroatoms. The van der Waals surface area contributed by atoms with Crippen LogP contribution in [0.3, 0.4) is 0 Å². The van der Waals surface area contributed by atoms with Crippen molar-refractivity contribution >= 4 is 23.2 Å². The Bertz CT molecular complexity index is 929. The van der Waals surface area contributed by atoms with Crippen molar-refractivity contribution in [3.63, 3.8) is 0 Å². The minimum atomic E-state index is -2.94. The van der Waals surface area contributed by atoms with Gasteiger partial charge in [0.25, 0.3) is 0 Å². The van der Waals surface area contributed by atoms with Crippen molar-refractivity contribution in [2.75, 3.05) is 11.9 Å². The SMILES string of the molecule is O=C(CNc1ccccc1OC(F)F)NCc1ccc(-c2ccc(Cl)cc2)o1. The van der Waals surface area contributed by atoms with E-state index in [1.54, 1.807) is 42.5 Å². The monoisotopic (exact) mass is 406 g/mol. The summed E-state index contributed by atoms with van der Waals surface area (Å²) in [5, 5.41) is 6.11. The molecule has 0 aliphatic rings. The van der Waals surface area contributed by atoms with Crippen LogP contribution in [0.5, 0.6) is 5.75 Å². The summed E-state index contributed by atoms with van der Waals surface area (Å²) in [6.07, 6.45) is 0. The summed E-state index contributed by atoms with van der Waals surface area (Å²) in [6, 6.07) is 17.0. The lowest BCUT2D eigenvalue weighted by molar-refractivity contribution is -0.119. The lowest BCUT2D eigenvalue weighted by atomic mass is 10.2. The normalized spacial score (nSPS) is 10.7. The van der Waals surface area contributed by atoms with Gasteiger partial charge in [0, 0.05) is 10.6 Å². The lowest BCUT2D eigenvalue weighted by Crippen LogP contribution is -2.29. The Kier molecular flexibility index (Phi) is 6.49. The van der Waals surface area contributed by atoms with E-state index in [0.29, 0.717) is 22.2 Å². The number of benzene rings is 2. The highest BCUT2D eigenvalue weighted by atomic mass is 35.5. The molecular weight excluding hydrogens is 390 g/mol. The molecule has 0 atom stereocenters. The first kappa shape index (κ1) is 19.7. The van der Waals surface area contributed by atoms with Crippen molar-refractivity contribution in [3.05, 3.63) is 71.4 Å². The van der Waals surface area contributed by atoms with Gasteiger partial charge in [-0.3, -0.25) is 4.79 Å². The number of alkyl halides is 2. The van der Waals surface area contributed by atoms with E-state index in [1.165, 1.54) is 6.07 Å². The summed E-state index contributed by atoms with van der Waals surface area (Å²) in [6.45, 7) is -2.84. The Morgan fingerprint density at radius 1 is 1.07 bits per heavy atom. The number of amides is 1. The van der Waals surface area contributed by atoms with E-state index in [9.17, 15) is 13.6 Å². The molecule has 0 unspecified atom stereocenters. The maximum atomic E-state index is 12.4. The molecule has 1 amide bonds. The fourth-order valence-corrected chi connectivity index (χ4v) is 2.60. The number of hydrogen-bond donors (Lipinski definition) is 2. The molecule has 28 heavy (non-hydrogen) atoms. The van der Waals surface area contributed by atoms with Crippen LogP contribution < -0.4 is 15.4 Å². The van der Waals surface area contributed by atoms with E-state index in [-0.39, 0.29) is 24.7 Å². The van der Waals surface area contributed by atoms with Crippen molar-refractivity contribution < 1.29 is 22.7 Å². The molecule has 3 rings (SSSR count). The van der Waals surface area contributed by atoms with Crippen LogP contribution in [0.4, 0.5) is 14.5 Å². The maximum absolute atomic E-state index is 12.4. The third-order valence-electron chi connectivity index (χ3n) is 3.79. The van der Waals surface area contributed by atoms with Gasteiger partial charge in [-0.1, -0.05) is 23.7 Å². The van der Waals surface area contributed by atoms with Crippen molar-refractivity contribution in [2.45, 2.75) is 13.2 Å². The van der Waals surface area contributed by atoms with Crippen molar-refractivity contribution in [1.82, 2.24) is 5.32 Å². The molecule has 0 aliphatic heterocycles. The largest absolute Gasteiger partial charge is 0.459 e. The summed E-state index contributed by atoms with van der Waals surface area (Å²) in [5.74, 6) is 0.900. The first-order valence-corrected chi connectivity index (χ1v) is 8.78. The maximum Gasteiger partial charge on any atom is 0.387 e. The van der Waals surface area contributed by atoms with Gasteiger partial charge in [0.1, 0.15) is 17.3 Å². The van der Waals surface area contributed by atoms with Crippen molar-refractivity contribution in [2.24, 2.45) is 0 Å². The molecule has 3 aromatic rings. The van der Waals surface area contributed by atoms with E-state index in [1.807, 2.05) is 12.1 Å². The number of para-hydroxylation sites is 2. The Labute approximate surface area is 165 Å². The third-order valence-corrected chi connectivity index (χ3v) is 4.04. The van der Waals surface area contributed by atoms with Crippen LogP contribution in [0.15, 0.2) is 65.1 Å². The highest BCUT2D eigenvalue weighted by Gasteiger charge is 2.11. The van der Waals surface area contributed by atoms with Gasteiger partial charge >= 0.3 is 6.61 Å². The Morgan fingerprint density at radius 3 is 2.57 bits per heavy atom. The predicted octanol–water partition coefficient (Wildman–Crippen LogP) is 4.93. The number of rotatable bonds is 8. The van der Waals surface area contributed by atoms with Gasteiger partial charge in [0.05, 0.1) is 18.8 Å². The summed E-state index contributed by atoms with van der Waals surface area (Å²) >= 11 is 5.87. The molecule has 2 aromatic carbocycles. The molecule has 146 valence electrons. The van der Waals surface area contributed by atoms with Gasteiger partial charge < -0.3 is 19.8 Å². The molecule has 1 aromatic heterocycles. The van der Waals surface area contributed by atoms with Crippen LogP contribution in [0.1, 0.15) is 5.76 Å². The molecule has 0 radical (unpaired) electrons. The van der Waals surface area contributed by atoms with Crippen LogP contribution in [-0.2, 0) is 11.3 Å². The van der Waals surface area contributed by atoms with E-state index in [0.717, 1.165) is 5.56 Å². The van der Waals surface area contributed by atoms with Gasteiger partial charge in [0.15, 0.2) is 0 Å². The number of anilines is 1. The molecule has 0 spiro atoms. The summed E-state index contributed by atoms with van der Waals surface area (Å²) in [7, 11) is 0. The van der Waals surface area contributed by atoms with Crippen LogP contribution in [-0.4, -0.2) is 19.1 Å². The summed E-state index contributed by atoms with van der Waals surface area (Å²) in [5.41, 5.74) is 1.18. The minimum Gasteiger partial charge on any atom is -0.459 e. The fraction of sp³-hybridized carbons (Fsp3) is 0.150. The average Bonchev–Trinajstić information content (AvgIpc) is 3.15. The molecule has 0 saturated carbocycles. The fourth-order valence-electron chi connectivity index (χ4n) is 2.48. The number of ether oxygens (including phenoxy) is 1. The van der Waals surface area contributed by atoms with Gasteiger partial charge in [0.2, 0.25) is 5.91 Å². The number of carbonyl (C=O) groups is 1. The zero-order valence-corrected chi connectivity index (χ0v) is 15.4. The van der Waals surface area contributed by atoms with Crippen LogP contribution in [0, 0.1) is 0 Å². The third kappa shape index (κ3) is 5.47. The number of hydrogen-bond acceptors (Lipinski definition) is 4. The number of nitrogens with one attached hydrogen (secondary N) is 2. The highest BCUT2D eigenvalue weighted by molar-refractivity contribution is 6.30. The minimum absolute atomic E-state index is 0.0241. The Hall–Kier alpha value is -3.06. The molecule has 0 fully saturated rings. The molecule has 0 saturated heterocycles. The number of furan rings is 1. The van der Waals surface area contributed by atoms with E-state index in [4.69, 9.17) is 16.0 Å². The molecule has 0 aliphatic carbocycles. The molecule has 2 N–H and O–H groups in total. The quantitative estimate of drug-likeness (QED) is 0.556. The zero-order chi connectivity index (χ0) is 19.9. The summed E-state index contributed by atoms with van der Waals surface area (Å²) in [4.78, 5) is 12.0. The van der Waals surface area contributed by atoms with E-state index in [2.05, 4.69) is 15.4 Å². The first-order valence-electron chi connectivity index (χ1n) is 8.40. The van der Waals surface area contributed by atoms with Crippen LogP contribution >= 0.6 is 11.6 Å². The standard InChI is InChI=1S/C20H17ClF2N2O3/c21-14-7-5-13(6-8-14)17-10-9-15(27-17)11-25-19(26)12-24-16-3-1-2-4-18(16)28-20(22)23/h1-10,20,24H,11-12H2,(H,25,26). The first-order chi connectivity index (χ1) is 13.5. The highest BCUT2D eigenvalue weighted by Crippen LogP contribution is 2.25. The zero-order valence-electron chi connectivity index (χ0n) is 14.6. The van der Waals surface area contributed by atoms with E-state index >= 15 is 0 Å². The Balaban J connectivity index is 1.51. The average molecular weight is 407 g/mol. The van der Waals surface area contributed by atoms with Gasteiger partial charge in [-0.15, -0.1) is 0 Å². The van der Waals surface area contributed by atoms with Crippen molar-refractivity contribution in [3.8, 4) is 17.1 Å². The lowest BCUT2D eigenvalue weighted by Gasteiger charge is -2.12. The molecule has 0 bridgehead atoms. The topological polar surface area (TPSA) is 63.5 Å². The number of halogens is 3. The molecule has 5 nitrogen and oxygen atoms in total. The molecular formula is C20H17ClF2N2O3. The second-order valence-corrected chi connectivity index (χ2v) is 6.21. The Morgan fingerprint density at radius 2 is 1.82 bits per heavy atom. The second-order valence-electron chi connectivity index (χ2n) is 5.78. The van der Waals surface area contributed by atoms with Crippen molar-refractivity contribution in [1.29, 1.82) is 0 Å². The second kappa shape index (κ2) is 9.23. The van der Waals surface area contributed by atoms with E-state index < -0.39 is 6.61 Å². The van der Waals surface area contributed by atoms with Gasteiger partial charge in [-0.25, -0.2) is 0 Å². The molecule has 1 heterocycles. The summed E-state index contributed by atoms with van der Waals surface area (Å²) < 4.78 is 34.9.